The van der Waals surface area contributed by atoms with E-state index in [1.165, 1.54) is 4.90 Å². The molecule has 0 fully saturated rings. The van der Waals surface area contributed by atoms with Gasteiger partial charge in [-0.25, -0.2) is 8.42 Å². The van der Waals surface area contributed by atoms with Crippen LogP contribution in [0.3, 0.4) is 0 Å². The fraction of sp³-hybridized carbons (Fsp3) is 0.391. The van der Waals surface area contributed by atoms with Gasteiger partial charge in [-0.05, 0) is 80.1 Å². The summed E-state index contributed by atoms with van der Waals surface area (Å²) in [6.07, 6.45) is 1.07. The lowest BCUT2D eigenvalue weighted by atomic mass is 10.1. The van der Waals surface area contributed by atoms with Gasteiger partial charge in [-0.3, -0.25) is 13.9 Å². The van der Waals surface area contributed by atoms with Gasteiger partial charge in [-0.15, -0.1) is 0 Å². The van der Waals surface area contributed by atoms with Crippen LogP contribution in [-0.2, 0) is 26.2 Å². The summed E-state index contributed by atoms with van der Waals surface area (Å²) in [6.45, 7) is 7.11. The molecule has 0 aliphatic carbocycles. The summed E-state index contributed by atoms with van der Waals surface area (Å²) in [5.74, 6) is -0.749. The predicted molar refractivity (Wildman–Crippen MR) is 136 cm³/mol. The number of halogens is 1. The molecule has 0 radical (unpaired) electrons. The summed E-state index contributed by atoms with van der Waals surface area (Å²) in [6, 6.07) is 13.7. The van der Waals surface area contributed by atoms with Crippen LogP contribution in [0.2, 0.25) is 0 Å². The number of hydrogen-bond donors (Lipinski definition) is 1. The Balaban J connectivity index is 2.36. The molecule has 2 aromatic carbocycles. The number of carbonyl (C=O) groups is 2. The van der Waals surface area contributed by atoms with Gasteiger partial charge < -0.3 is 10.2 Å². The summed E-state index contributed by atoms with van der Waals surface area (Å²) >= 11 is 2.13. The highest BCUT2D eigenvalue weighted by molar-refractivity contribution is 14.1. The van der Waals surface area contributed by atoms with Crippen molar-refractivity contribution in [2.45, 2.75) is 46.3 Å². The maximum absolute atomic E-state index is 13.4. The second kappa shape index (κ2) is 11.1. The van der Waals surface area contributed by atoms with Gasteiger partial charge in [0, 0.05) is 16.2 Å². The molecule has 0 aliphatic rings. The molecule has 1 atom stereocenters. The molecule has 0 saturated carbocycles. The van der Waals surface area contributed by atoms with E-state index in [0.29, 0.717) is 5.69 Å². The van der Waals surface area contributed by atoms with Crippen LogP contribution < -0.4 is 9.62 Å². The van der Waals surface area contributed by atoms with E-state index in [4.69, 9.17) is 0 Å². The van der Waals surface area contributed by atoms with Gasteiger partial charge in [0.05, 0.1) is 11.9 Å². The first-order valence-corrected chi connectivity index (χ1v) is 13.2. The molecule has 174 valence electrons. The highest BCUT2D eigenvalue weighted by Crippen LogP contribution is 2.20. The van der Waals surface area contributed by atoms with Crippen LogP contribution in [0, 0.1) is 10.5 Å². The van der Waals surface area contributed by atoms with Gasteiger partial charge in [-0.2, -0.15) is 0 Å². The lowest BCUT2D eigenvalue weighted by Gasteiger charge is -2.32. The van der Waals surface area contributed by atoms with E-state index >= 15 is 0 Å². The Morgan fingerprint density at radius 3 is 2.06 bits per heavy atom. The Kier molecular flexibility index (Phi) is 9.08. The van der Waals surface area contributed by atoms with E-state index in [2.05, 4.69) is 27.9 Å². The summed E-state index contributed by atoms with van der Waals surface area (Å²) in [5.41, 5.74) is 2.34. The number of aryl methyl sites for hydroxylation is 1. The van der Waals surface area contributed by atoms with Crippen molar-refractivity contribution in [1.29, 1.82) is 0 Å². The van der Waals surface area contributed by atoms with E-state index in [-0.39, 0.29) is 18.5 Å². The van der Waals surface area contributed by atoms with Crippen molar-refractivity contribution in [3.05, 3.63) is 63.2 Å². The van der Waals surface area contributed by atoms with Crippen molar-refractivity contribution < 1.29 is 18.0 Å². The van der Waals surface area contributed by atoms with Crippen molar-refractivity contribution in [1.82, 2.24) is 10.2 Å². The van der Waals surface area contributed by atoms with Crippen molar-refractivity contribution in [3.63, 3.8) is 0 Å². The molecule has 1 N–H and O–H groups in total. The van der Waals surface area contributed by atoms with E-state index in [1.807, 2.05) is 45.0 Å². The standard InChI is InChI=1S/C23H30IN3O4S/c1-16(2)25-23(29)18(4)26(14-19-8-6-17(3)7-9-19)22(28)15-27(32(5,30)31)21-12-10-20(24)11-13-21/h6-13,16,18H,14-15H2,1-5H3,(H,25,29)/t18-/m1/s1. The van der Waals surface area contributed by atoms with Crippen LogP contribution in [0.1, 0.15) is 31.9 Å². The minimum Gasteiger partial charge on any atom is -0.352 e. The van der Waals surface area contributed by atoms with E-state index in [9.17, 15) is 18.0 Å². The molecule has 2 aromatic rings. The number of anilines is 1. The van der Waals surface area contributed by atoms with Gasteiger partial charge in [0.25, 0.3) is 0 Å². The summed E-state index contributed by atoms with van der Waals surface area (Å²) in [7, 11) is -3.72. The van der Waals surface area contributed by atoms with Gasteiger partial charge in [-0.1, -0.05) is 29.8 Å². The monoisotopic (exact) mass is 571 g/mol. The number of carbonyl (C=O) groups excluding carboxylic acids is 2. The highest BCUT2D eigenvalue weighted by Gasteiger charge is 2.30. The van der Waals surface area contributed by atoms with Crippen molar-refractivity contribution in [2.24, 2.45) is 0 Å². The van der Waals surface area contributed by atoms with Crippen LogP contribution in [0.5, 0.6) is 0 Å². The zero-order valence-electron chi connectivity index (χ0n) is 19.0. The Hall–Kier alpha value is -2.14. The maximum atomic E-state index is 13.4. The number of nitrogens with one attached hydrogen (secondary N) is 1. The van der Waals surface area contributed by atoms with Crippen LogP contribution in [0.4, 0.5) is 5.69 Å². The predicted octanol–water partition coefficient (Wildman–Crippen LogP) is 3.31. The van der Waals surface area contributed by atoms with Gasteiger partial charge >= 0.3 is 0 Å². The Labute approximate surface area is 204 Å². The molecule has 9 heteroatoms. The van der Waals surface area contributed by atoms with Gasteiger partial charge in [0.2, 0.25) is 21.8 Å². The number of hydrogen-bond acceptors (Lipinski definition) is 4. The second-order valence-electron chi connectivity index (χ2n) is 8.09. The highest BCUT2D eigenvalue weighted by atomic mass is 127. The number of amides is 2. The minimum absolute atomic E-state index is 0.0828. The molecule has 2 amide bonds. The molecule has 7 nitrogen and oxygen atoms in total. The van der Waals surface area contributed by atoms with E-state index in [0.717, 1.165) is 25.3 Å². The smallest absolute Gasteiger partial charge is 0.244 e. The third-order valence-electron chi connectivity index (χ3n) is 4.87. The Bertz CT molecular complexity index is 1040. The van der Waals surface area contributed by atoms with Gasteiger partial charge in [0.15, 0.2) is 0 Å². The molecule has 0 unspecified atom stereocenters. The van der Waals surface area contributed by atoms with Crippen LogP contribution in [0.25, 0.3) is 0 Å². The molecule has 0 spiro atoms. The van der Waals surface area contributed by atoms with Gasteiger partial charge in [0.1, 0.15) is 12.6 Å². The first-order chi connectivity index (χ1) is 14.9. The fourth-order valence-electron chi connectivity index (χ4n) is 3.10. The Morgan fingerprint density at radius 2 is 1.56 bits per heavy atom. The summed E-state index contributed by atoms with van der Waals surface area (Å²) in [5, 5.41) is 2.83. The number of benzene rings is 2. The molecule has 0 aromatic heterocycles. The lowest BCUT2D eigenvalue weighted by molar-refractivity contribution is -0.139. The molecule has 32 heavy (non-hydrogen) atoms. The van der Waals surface area contributed by atoms with E-state index in [1.54, 1.807) is 31.2 Å². The van der Waals surface area contributed by atoms with Crippen molar-refractivity contribution >= 4 is 50.1 Å². The lowest BCUT2D eigenvalue weighted by Crippen LogP contribution is -2.52. The molecule has 0 bridgehead atoms. The average molecular weight is 571 g/mol. The Morgan fingerprint density at radius 1 is 1.00 bits per heavy atom. The van der Waals surface area contributed by atoms with Crippen molar-refractivity contribution in [2.75, 3.05) is 17.1 Å². The fourth-order valence-corrected chi connectivity index (χ4v) is 4.31. The normalized spacial score (nSPS) is 12.3. The SMILES string of the molecule is Cc1ccc(CN(C(=O)CN(c2ccc(I)cc2)S(C)(=O)=O)[C@H](C)C(=O)NC(C)C)cc1. The molecular weight excluding hydrogens is 541 g/mol. The summed E-state index contributed by atoms with van der Waals surface area (Å²) in [4.78, 5) is 27.5. The first kappa shape index (κ1) is 26.1. The number of rotatable bonds is 9. The molecule has 0 heterocycles. The van der Waals surface area contributed by atoms with Crippen LogP contribution in [-0.4, -0.2) is 50.0 Å². The maximum Gasteiger partial charge on any atom is 0.244 e. The topological polar surface area (TPSA) is 86.8 Å². The zero-order valence-corrected chi connectivity index (χ0v) is 22.0. The zero-order chi connectivity index (χ0) is 24.1. The minimum atomic E-state index is -3.72. The molecular formula is C23H30IN3O4S. The third kappa shape index (κ3) is 7.47. The molecule has 2 rings (SSSR count). The number of sulfonamides is 1. The average Bonchev–Trinajstić information content (AvgIpc) is 2.70. The van der Waals surface area contributed by atoms with E-state index < -0.39 is 28.5 Å². The largest absolute Gasteiger partial charge is 0.352 e. The third-order valence-corrected chi connectivity index (χ3v) is 6.73. The molecule has 0 aliphatic heterocycles. The number of nitrogens with zero attached hydrogens (tertiary/aromatic N) is 2. The van der Waals surface area contributed by atoms with Crippen LogP contribution in [0.15, 0.2) is 48.5 Å². The quantitative estimate of drug-likeness (QED) is 0.468. The van der Waals surface area contributed by atoms with Crippen LogP contribution >= 0.6 is 22.6 Å². The van der Waals surface area contributed by atoms with Crippen molar-refractivity contribution in [3.8, 4) is 0 Å². The molecule has 0 saturated heterocycles. The second-order valence-corrected chi connectivity index (χ2v) is 11.2. The summed E-state index contributed by atoms with van der Waals surface area (Å²) < 4.78 is 27.0. The first-order valence-electron chi connectivity index (χ1n) is 10.3.